The predicted molar refractivity (Wildman–Crippen MR) is 80.8 cm³/mol. The minimum absolute atomic E-state index is 0.0206. The number of benzene rings is 1. The Labute approximate surface area is 133 Å². The Morgan fingerprint density at radius 2 is 2.00 bits per heavy atom. The quantitative estimate of drug-likeness (QED) is 0.675. The fourth-order valence-corrected chi connectivity index (χ4v) is 2.91. The van der Waals surface area contributed by atoms with Gasteiger partial charge in [0.2, 0.25) is 0 Å². The zero-order valence-electron chi connectivity index (χ0n) is 12.7. The van der Waals surface area contributed by atoms with Gasteiger partial charge in [0.15, 0.2) is 5.79 Å². The van der Waals surface area contributed by atoms with Gasteiger partial charge in [-0.15, -0.1) is 0 Å². The lowest BCUT2D eigenvalue weighted by atomic mass is 10.0. The first-order valence-corrected chi connectivity index (χ1v) is 7.62. The number of non-ortho nitro benzene ring substituents is 1. The van der Waals surface area contributed by atoms with E-state index in [-0.39, 0.29) is 18.3 Å². The van der Waals surface area contributed by atoms with Crippen LogP contribution in [-0.4, -0.2) is 47.9 Å². The first-order chi connectivity index (χ1) is 11.1. The van der Waals surface area contributed by atoms with E-state index in [9.17, 15) is 14.9 Å². The Hall–Kier alpha value is -2.19. The summed E-state index contributed by atoms with van der Waals surface area (Å²) in [6.45, 7) is 2.62. The van der Waals surface area contributed by atoms with E-state index in [1.165, 1.54) is 12.1 Å². The van der Waals surface area contributed by atoms with Crippen molar-refractivity contribution >= 4 is 11.7 Å². The molecule has 2 amide bonds. The molecule has 1 spiro atoms. The van der Waals surface area contributed by atoms with Gasteiger partial charge in [0.1, 0.15) is 0 Å². The van der Waals surface area contributed by atoms with Crippen molar-refractivity contribution in [3.8, 4) is 0 Å². The zero-order chi connectivity index (χ0) is 16.3. The van der Waals surface area contributed by atoms with Crippen LogP contribution in [0.4, 0.5) is 10.5 Å². The summed E-state index contributed by atoms with van der Waals surface area (Å²) >= 11 is 0. The number of carbonyl (C=O) groups is 1. The standard InChI is InChI=1S/C15H19N3O5/c19-14(16-11-12-2-1-3-13(10-12)18(20)21)17-6-4-15(5-7-17)22-8-9-23-15/h1-3,10H,4-9,11H2,(H,16,19). The van der Waals surface area contributed by atoms with E-state index >= 15 is 0 Å². The molecule has 2 heterocycles. The Balaban J connectivity index is 1.50. The van der Waals surface area contributed by atoms with Gasteiger partial charge in [0.05, 0.1) is 18.1 Å². The lowest BCUT2D eigenvalue weighted by Crippen LogP contribution is -2.50. The van der Waals surface area contributed by atoms with Gasteiger partial charge < -0.3 is 19.7 Å². The summed E-state index contributed by atoms with van der Waals surface area (Å²) in [6, 6.07) is 6.07. The summed E-state index contributed by atoms with van der Waals surface area (Å²) in [5, 5.41) is 13.5. The van der Waals surface area contributed by atoms with E-state index in [0.717, 1.165) is 0 Å². The fraction of sp³-hybridized carbons (Fsp3) is 0.533. The van der Waals surface area contributed by atoms with Crippen molar-refractivity contribution in [3.63, 3.8) is 0 Å². The third-order valence-electron chi connectivity index (χ3n) is 4.19. The second-order valence-corrected chi connectivity index (χ2v) is 5.68. The molecule has 1 aromatic carbocycles. The van der Waals surface area contributed by atoms with Crippen LogP contribution in [0.15, 0.2) is 24.3 Å². The molecule has 0 bridgehead atoms. The Morgan fingerprint density at radius 3 is 2.65 bits per heavy atom. The summed E-state index contributed by atoms with van der Waals surface area (Å²) < 4.78 is 11.3. The van der Waals surface area contributed by atoms with Crippen molar-refractivity contribution in [2.24, 2.45) is 0 Å². The molecular formula is C15H19N3O5. The molecule has 0 saturated carbocycles. The number of carbonyl (C=O) groups excluding carboxylic acids is 1. The van der Waals surface area contributed by atoms with E-state index in [1.54, 1.807) is 17.0 Å². The van der Waals surface area contributed by atoms with Gasteiger partial charge in [0, 0.05) is 44.6 Å². The number of piperidine rings is 1. The number of ether oxygens (including phenoxy) is 2. The number of urea groups is 1. The van der Waals surface area contributed by atoms with Crippen LogP contribution in [0.2, 0.25) is 0 Å². The van der Waals surface area contributed by atoms with Crippen LogP contribution < -0.4 is 5.32 Å². The average Bonchev–Trinajstić information content (AvgIpc) is 3.01. The smallest absolute Gasteiger partial charge is 0.317 e. The van der Waals surface area contributed by atoms with Crippen LogP contribution >= 0.6 is 0 Å². The lowest BCUT2D eigenvalue weighted by molar-refractivity contribution is -0.384. The van der Waals surface area contributed by atoms with Crippen LogP contribution in [0.1, 0.15) is 18.4 Å². The van der Waals surface area contributed by atoms with E-state index in [0.29, 0.717) is 44.7 Å². The molecule has 3 rings (SSSR count). The third-order valence-corrected chi connectivity index (χ3v) is 4.19. The minimum atomic E-state index is -0.503. The maximum absolute atomic E-state index is 12.2. The Bertz CT molecular complexity index is 591. The number of likely N-dealkylation sites (tertiary alicyclic amines) is 1. The molecule has 2 aliphatic heterocycles. The molecule has 0 aliphatic carbocycles. The molecule has 0 atom stereocenters. The highest BCUT2D eigenvalue weighted by atomic mass is 16.7. The number of nitro benzene ring substituents is 1. The van der Waals surface area contributed by atoms with Crippen LogP contribution in [0.5, 0.6) is 0 Å². The van der Waals surface area contributed by atoms with Gasteiger partial charge in [0.25, 0.3) is 5.69 Å². The minimum Gasteiger partial charge on any atom is -0.347 e. The summed E-state index contributed by atoms with van der Waals surface area (Å²) in [5.74, 6) is -0.503. The van der Waals surface area contributed by atoms with Crippen molar-refractivity contribution in [3.05, 3.63) is 39.9 Å². The number of hydrogen-bond donors (Lipinski definition) is 1. The van der Waals surface area contributed by atoms with Crippen LogP contribution in [0.25, 0.3) is 0 Å². The number of rotatable bonds is 3. The van der Waals surface area contributed by atoms with Gasteiger partial charge in [-0.2, -0.15) is 0 Å². The second-order valence-electron chi connectivity index (χ2n) is 5.68. The van der Waals surface area contributed by atoms with Gasteiger partial charge in [-0.25, -0.2) is 4.79 Å². The van der Waals surface area contributed by atoms with Gasteiger partial charge in [-0.05, 0) is 5.56 Å². The molecular weight excluding hydrogens is 302 g/mol. The lowest BCUT2D eigenvalue weighted by Gasteiger charge is -2.37. The third kappa shape index (κ3) is 3.59. The number of amides is 2. The van der Waals surface area contributed by atoms with Crippen molar-refractivity contribution in [2.45, 2.75) is 25.2 Å². The molecule has 23 heavy (non-hydrogen) atoms. The van der Waals surface area contributed by atoms with Crippen molar-refractivity contribution < 1.29 is 19.2 Å². The van der Waals surface area contributed by atoms with E-state index in [1.807, 2.05) is 0 Å². The largest absolute Gasteiger partial charge is 0.347 e. The number of nitrogens with one attached hydrogen (secondary N) is 1. The molecule has 1 N–H and O–H groups in total. The van der Waals surface area contributed by atoms with Crippen molar-refractivity contribution in [1.82, 2.24) is 10.2 Å². The molecule has 0 radical (unpaired) electrons. The van der Waals surface area contributed by atoms with E-state index < -0.39 is 10.7 Å². The van der Waals surface area contributed by atoms with E-state index in [4.69, 9.17) is 9.47 Å². The molecule has 8 nitrogen and oxygen atoms in total. The van der Waals surface area contributed by atoms with Crippen LogP contribution in [0.3, 0.4) is 0 Å². The maximum Gasteiger partial charge on any atom is 0.317 e. The first-order valence-electron chi connectivity index (χ1n) is 7.62. The molecule has 2 saturated heterocycles. The normalized spacial score (nSPS) is 19.7. The van der Waals surface area contributed by atoms with Gasteiger partial charge >= 0.3 is 6.03 Å². The highest BCUT2D eigenvalue weighted by Crippen LogP contribution is 2.31. The van der Waals surface area contributed by atoms with Gasteiger partial charge in [-0.3, -0.25) is 10.1 Å². The zero-order valence-corrected chi connectivity index (χ0v) is 12.7. The predicted octanol–water partition coefficient (Wildman–Crippen LogP) is 1.64. The molecule has 124 valence electrons. The van der Waals surface area contributed by atoms with Crippen LogP contribution in [-0.2, 0) is 16.0 Å². The number of nitro groups is 1. The maximum atomic E-state index is 12.2. The monoisotopic (exact) mass is 321 g/mol. The first kappa shape index (κ1) is 15.7. The highest BCUT2D eigenvalue weighted by Gasteiger charge is 2.40. The summed E-state index contributed by atoms with van der Waals surface area (Å²) in [5.41, 5.74) is 0.718. The summed E-state index contributed by atoms with van der Waals surface area (Å²) in [7, 11) is 0. The molecule has 0 aromatic heterocycles. The summed E-state index contributed by atoms with van der Waals surface area (Å²) in [4.78, 5) is 24.2. The highest BCUT2D eigenvalue weighted by molar-refractivity contribution is 5.74. The van der Waals surface area contributed by atoms with Crippen LogP contribution in [0, 0.1) is 10.1 Å². The van der Waals surface area contributed by atoms with Gasteiger partial charge in [-0.1, -0.05) is 12.1 Å². The molecule has 8 heteroatoms. The number of nitrogens with zero attached hydrogens (tertiary/aromatic N) is 2. The van der Waals surface area contributed by atoms with E-state index in [2.05, 4.69) is 5.32 Å². The Morgan fingerprint density at radius 1 is 1.30 bits per heavy atom. The fourth-order valence-electron chi connectivity index (χ4n) is 2.91. The Kier molecular flexibility index (Phi) is 4.44. The summed E-state index contributed by atoms with van der Waals surface area (Å²) in [6.07, 6.45) is 1.33. The SMILES string of the molecule is O=C(NCc1cccc([N+](=O)[O-])c1)N1CCC2(CC1)OCCO2. The molecule has 0 unspecified atom stereocenters. The average molecular weight is 321 g/mol. The molecule has 1 aromatic rings. The molecule has 2 aliphatic rings. The van der Waals surface area contributed by atoms with Crippen molar-refractivity contribution in [1.29, 1.82) is 0 Å². The molecule has 2 fully saturated rings. The van der Waals surface area contributed by atoms with Crippen molar-refractivity contribution in [2.75, 3.05) is 26.3 Å². The second kappa shape index (κ2) is 6.51. The number of hydrogen-bond acceptors (Lipinski definition) is 5. The topological polar surface area (TPSA) is 93.9 Å².